The maximum Gasteiger partial charge on any atom is 0.266 e. The number of thioether (sulfide) groups is 1. The van der Waals surface area contributed by atoms with E-state index in [1.165, 1.54) is 23.3 Å². The average Bonchev–Trinajstić information content (AvgIpc) is 2.54. The van der Waals surface area contributed by atoms with Gasteiger partial charge in [-0.15, -0.1) is 0 Å². The number of carbonyl (C=O) groups is 1. The molecule has 0 atom stereocenters. The van der Waals surface area contributed by atoms with Gasteiger partial charge in [-0.2, -0.15) is 0 Å². The van der Waals surface area contributed by atoms with Gasteiger partial charge >= 0.3 is 0 Å². The van der Waals surface area contributed by atoms with Crippen LogP contribution in [0.1, 0.15) is 6.92 Å². The van der Waals surface area contributed by atoms with E-state index in [4.69, 9.17) is 11.6 Å². The van der Waals surface area contributed by atoms with E-state index < -0.39 is 0 Å². The maximum absolute atomic E-state index is 12.9. The standard InChI is InChI=1S/C17H13ClN2O2S/c1-11(21)10-23-17-19-14-8-4-2-6-12(14)16(22)20(17)15-9-5-3-7-13(15)18/h2-9H,10H2,1H3. The Morgan fingerprint density at radius 3 is 2.61 bits per heavy atom. The van der Waals surface area contributed by atoms with E-state index in [2.05, 4.69) is 4.98 Å². The number of ketones is 1. The highest BCUT2D eigenvalue weighted by molar-refractivity contribution is 7.99. The van der Waals surface area contributed by atoms with Crippen molar-refractivity contribution in [3.8, 4) is 5.69 Å². The molecule has 0 N–H and O–H groups in total. The van der Waals surface area contributed by atoms with Crippen LogP contribution < -0.4 is 5.56 Å². The highest BCUT2D eigenvalue weighted by Crippen LogP contribution is 2.25. The van der Waals surface area contributed by atoms with Crippen LogP contribution in [0.25, 0.3) is 16.6 Å². The second-order valence-electron chi connectivity index (χ2n) is 4.99. The molecule has 0 unspecified atom stereocenters. The van der Waals surface area contributed by atoms with Crippen LogP contribution in [-0.2, 0) is 4.79 Å². The fourth-order valence-electron chi connectivity index (χ4n) is 2.22. The Hall–Kier alpha value is -2.11. The van der Waals surface area contributed by atoms with Crippen LogP contribution in [0, 0.1) is 0 Å². The quantitative estimate of drug-likeness (QED) is 0.534. The first-order valence-electron chi connectivity index (χ1n) is 6.97. The topological polar surface area (TPSA) is 52.0 Å². The summed E-state index contributed by atoms with van der Waals surface area (Å²) in [6.07, 6.45) is 0. The molecule has 23 heavy (non-hydrogen) atoms. The van der Waals surface area contributed by atoms with Crippen molar-refractivity contribution in [2.24, 2.45) is 0 Å². The molecular formula is C17H13ClN2O2S. The number of para-hydroxylation sites is 2. The fourth-order valence-corrected chi connectivity index (χ4v) is 3.25. The summed E-state index contributed by atoms with van der Waals surface area (Å²) in [7, 11) is 0. The predicted molar refractivity (Wildman–Crippen MR) is 93.8 cm³/mol. The summed E-state index contributed by atoms with van der Waals surface area (Å²) >= 11 is 7.48. The Morgan fingerprint density at radius 2 is 1.87 bits per heavy atom. The molecule has 0 fully saturated rings. The van der Waals surface area contributed by atoms with Crippen molar-refractivity contribution in [1.29, 1.82) is 0 Å². The van der Waals surface area contributed by atoms with Crippen molar-refractivity contribution in [2.45, 2.75) is 12.1 Å². The van der Waals surface area contributed by atoms with E-state index in [0.717, 1.165) is 0 Å². The van der Waals surface area contributed by atoms with Crippen molar-refractivity contribution in [3.63, 3.8) is 0 Å². The maximum atomic E-state index is 12.9. The molecule has 4 nitrogen and oxygen atoms in total. The van der Waals surface area contributed by atoms with Crippen molar-refractivity contribution >= 4 is 40.0 Å². The van der Waals surface area contributed by atoms with Gasteiger partial charge in [0.1, 0.15) is 5.78 Å². The fraction of sp³-hybridized carbons (Fsp3) is 0.118. The van der Waals surface area contributed by atoms with Crippen LogP contribution in [0.5, 0.6) is 0 Å². The lowest BCUT2D eigenvalue weighted by Crippen LogP contribution is -2.22. The third-order valence-corrected chi connectivity index (χ3v) is 4.65. The SMILES string of the molecule is CC(=O)CSc1nc2ccccc2c(=O)n1-c1ccccc1Cl. The largest absolute Gasteiger partial charge is 0.299 e. The van der Waals surface area contributed by atoms with Gasteiger partial charge in [-0.1, -0.05) is 47.6 Å². The summed E-state index contributed by atoms with van der Waals surface area (Å²) in [6.45, 7) is 1.51. The van der Waals surface area contributed by atoms with Gasteiger partial charge in [0.25, 0.3) is 5.56 Å². The second kappa shape index (κ2) is 6.56. The average molecular weight is 345 g/mol. The summed E-state index contributed by atoms with van der Waals surface area (Å²) in [4.78, 5) is 28.8. The summed E-state index contributed by atoms with van der Waals surface area (Å²) in [6, 6.07) is 14.2. The molecule has 0 amide bonds. The smallest absolute Gasteiger partial charge is 0.266 e. The molecular weight excluding hydrogens is 332 g/mol. The molecule has 2 aromatic carbocycles. The third kappa shape index (κ3) is 3.16. The van der Waals surface area contributed by atoms with Crippen LogP contribution in [-0.4, -0.2) is 21.1 Å². The van der Waals surface area contributed by atoms with Gasteiger partial charge in [0.05, 0.1) is 27.4 Å². The molecule has 0 aliphatic heterocycles. The molecule has 0 aliphatic rings. The molecule has 3 aromatic rings. The van der Waals surface area contributed by atoms with Gasteiger partial charge in [-0.25, -0.2) is 4.98 Å². The van der Waals surface area contributed by atoms with Gasteiger partial charge < -0.3 is 0 Å². The first kappa shape index (κ1) is 15.8. The van der Waals surface area contributed by atoms with Crippen LogP contribution in [0.3, 0.4) is 0 Å². The number of fused-ring (bicyclic) bond motifs is 1. The van der Waals surface area contributed by atoms with Crippen molar-refractivity contribution in [2.75, 3.05) is 5.75 Å². The number of Topliss-reactive ketones (excluding diaryl/α,β-unsaturated/α-hetero) is 1. The Bertz CT molecular complexity index is 953. The first-order valence-corrected chi connectivity index (χ1v) is 8.33. The van der Waals surface area contributed by atoms with Crippen molar-refractivity contribution in [1.82, 2.24) is 9.55 Å². The molecule has 6 heteroatoms. The van der Waals surface area contributed by atoms with E-state index >= 15 is 0 Å². The third-order valence-electron chi connectivity index (χ3n) is 3.24. The number of benzene rings is 2. The molecule has 0 saturated heterocycles. The van der Waals surface area contributed by atoms with Crippen molar-refractivity contribution < 1.29 is 4.79 Å². The summed E-state index contributed by atoms with van der Waals surface area (Å²) in [5.41, 5.74) is 0.963. The number of carbonyl (C=O) groups excluding carboxylic acids is 1. The van der Waals surface area contributed by atoms with E-state index in [-0.39, 0.29) is 17.1 Å². The molecule has 0 saturated carbocycles. The highest BCUT2D eigenvalue weighted by atomic mass is 35.5. The Labute approximate surface area is 142 Å². The Morgan fingerprint density at radius 1 is 1.17 bits per heavy atom. The molecule has 3 rings (SSSR count). The van der Waals surface area contributed by atoms with E-state index in [1.807, 2.05) is 12.1 Å². The minimum atomic E-state index is -0.199. The Balaban J connectivity index is 2.30. The van der Waals surface area contributed by atoms with E-state index in [9.17, 15) is 9.59 Å². The minimum Gasteiger partial charge on any atom is -0.299 e. The molecule has 1 heterocycles. The number of hydrogen-bond acceptors (Lipinski definition) is 4. The van der Waals surface area contributed by atoms with Crippen LogP contribution in [0.2, 0.25) is 5.02 Å². The van der Waals surface area contributed by atoms with Gasteiger partial charge in [-0.3, -0.25) is 14.2 Å². The lowest BCUT2D eigenvalue weighted by molar-refractivity contribution is -0.114. The number of hydrogen-bond donors (Lipinski definition) is 0. The van der Waals surface area contributed by atoms with Crippen molar-refractivity contribution in [3.05, 3.63) is 63.9 Å². The zero-order valence-corrected chi connectivity index (χ0v) is 13.9. The van der Waals surface area contributed by atoms with Gasteiger partial charge in [0, 0.05) is 0 Å². The number of halogens is 1. The zero-order valence-electron chi connectivity index (χ0n) is 12.3. The molecule has 0 bridgehead atoms. The highest BCUT2D eigenvalue weighted by Gasteiger charge is 2.15. The summed E-state index contributed by atoms with van der Waals surface area (Å²) in [5, 5.41) is 1.42. The number of nitrogens with zero attached hydrogens (tertiary/aromatic N) is 2. The summed E-state index contributed by atoms with van der Waals surface area (Å²) in [5.74, 6) is 0.262. The molecule has 116 valence electrons. The zero-order chi connectivity index (χ0) is 16.4. The first-order chi connectivity index (χ1) is 11.1. The number of rotatable bonds is 4. The monoisotopic (exact) mass is 344 g/mol. The Kier molecular flexibility index (Phi) is 4.50. The summed E-state index contributed by atoms with van der Waals surface area (Å²) < 4.78 is 1.47. The van der Waals surface area contributed by atoms with Crippen LogP contribution >= 0.6 is 23.4 Å². The van der Waals surface area contributed by atoms with Crippen LogP contribution in [0.4, 0.5) is 0 Å². The molecule has 0 radical (unpaired) electrons. The predicted octanol–water partition coefficient (Wildman–Crippen LogP) is 3.72. The molecule has 1 aromatic heterocycles. The molecule has 0 aliphatic carbocycles. The van der Waals surface area contributed by atoms with Gasteiger partial charge in [0.2, 0.25) is 0 Å². The number of aromatic nitrogens is 2. The second-order valence-corrected chi connectivity index (χ2v) is 6.34. The lowest BCUT2D eigenvalue weighted by Gasteiger charge is -2.13. The lowest BCUT2D eigenvalue weighted by atomic mass is 10.2. The van der Waals surface area contributed by atoms with E-state index in [0.29, 0.717) is 26.8 Å². The minimum absolute atomic E-state index is 0.0168. The van der Waals surface area contributed by atoms with Gasteiger partial charge in [-0.05, 0) is 31.2 Å². The normalized spacial score (nSPS) is 10.9. The van der Waals surface area contributed by atoms with Crippen LogP contribution in [0.15, 0.2) is 58.5 Å². The molecule has 0 spiro atoms. The van der Waals surface area contributed by atoms with Gasteiger partial charge in [0.15, 0.2) is 5.16 Å². The van der Waals surface area contributed by atoms with E-state index in [1.54, 1.807) is 36.4 Å².